The molecule has 2 N–H and O–H groups in total. The largest absolute Gasteiger partial charge is 0.494 e. The molecule has 0 aliphatic carbocycles. The number of ether oxygens (including phenoxy) is 2. The predicted octanol–water partition coefficient (Wildman–Crippen LogP) is 4.87. The number of amides is 1. The molecule has 6 heteroatoms. The monoisotopic (exact) mass is 377 g/mol. The number of aromatic nitrogens is 1. The van der Waals surface area contributed by atoms with E-state index in [1.807, 2.05) is 56.3 Å². The van der Waals surface area contributed by atoms with E-state index in [-0.39, 0.29) is 5.91 Å². The highest BCUT2D eigenvalue weighted by atomic mass is 16.5. The van der Waals surface area contributed by atoms with Crippen LogP contribution in [0.15, 0.2) is 66.9 Å². The van der Waals surface area contributed by atoms with Crippen LogP contribution in [0.25, 0.3) is 0 Å². The van der Waals surface area contributed by atoms with Crippen LogP contribution in [0.4, 0.5) is 17.1 Å². The van der Waals surface area contributed by atoms with E-state index < -0.39 is 0 Å². The van der Waals surface area contributed by atoms with Gasteiger partial charge in [-0.2, -0.15) is 0 Å². The number of nitrogens with one attached hydrogen (secondary N) is 2. The summed E-state index contributed by atoms with van der Waals surface area (Å²) in [5, 5.41) is 6.10. The number of carbonyl (C=O) groups excluding carboxylic acids is 1. The van der Waals surface area contributed by atoms with Gasteiger partial charge in [-0.15, -0.1) is 0 Å². The van der Waals surface area contributed by atoms with Gasteiger partial charge in [0.25, 0.3) is 5.91 Å². The van der Waals surface area contributed by atoms with Crippen LogP contribution in [0.5, 0.6) is 11.5 Å². The summed E-state index contributed by atoms with van der Waals surface area (Å²) < 4.78 is 10.8. The zero-order valence-corrected chi connectivity index (χ0v) is 15.9. The molecule has 0 bridgehead atoms. The number of nitrogens with zero attached hydrogens (tertiary/aromatic N) is 1. The van der Waals surface area contributed by atoms with Crippen molar-refractivity contribution in [2.75, 3.05) is 23.8 Å². The minimum atomic E-state index is -0.278. The molecule has 0 unspecified atom stereocenters. The zero-order valence-electron chi connectivity index (χ0n) is 15.9. The summed E-state index contributed by atoms with van der Waals surface area (Å²) in [6.45, 7) is 5.10. The highest BCUT2D eigenvalue weighted by molar-refractivity contribution is 6.03. The molecule has 0 spiro atoms. The highest BCUT2D eigenvalue weighted by Crippen LogP contribution is 2.21. The van der Waals surface area contributed by atoms with Crippen molar-refractivity contribution in [2.24, 2.45) is 0 Å². The van der Waals surface area contributed by atoms with Crippen LogP contribution in [0.2, 0.25) is 0 Å². The van der Waals surface area contributed by atoms with Crippen molar-refractivity contribution in [2.45, 2.75) is 13.8 Å². The van der Waals surface area contributed by atoms with Crippen molar-refractivity contribution < 1.29 is 14.3 Å². The van der Waals surface area contributed by atoms with Gasteiger partial charge >= 0.3 is 0 Å². The molecular formula is C22H23N3O3. The Balaban J connectivity index is 1.65. The Morgan fingerprint density at radius 2 is 1.39 bits per heavy atom. The maximum Gasteiger partial charge on any atom is 0.274 e. The molecule has 3 aromatic rings. The first kappa shape index (κ1) is 19.2. The van der Waals surface area contributed by atoms with Gasteiger partial charge in [-0.3, -0.25) is 9.78 Å². The van der Waals surface area contributed by atoms with Gasteiger partial charge in [0.1, 0.15) is 17.2 Å². The van der Waals surface area contributed by atoms with Crippen LogP contribution in [0.3, 0.4) is 0 Å². The summed E-state index contributed by atoms with van der Waals surface area (Å²) in [7, 11) is 0. The van der Waals surface area contributed by atoms with Crippen LogP contribution in [0, 0.1) is 0 Å². The second-order valence-electron chi connectivity index (χ2n) is 5.92. The molecule has 1 aromatic heterocycles. The molecule has 28 heavy (non-hydrogen) atoms. The van der Waals surface area contributed by atoms with Crippen molar-refractivity contribution in [3.63, 3.8) is 0 Å². The number of benzene rings is 2. The van der Waals surface area contributed by atoms with E-state index in [0.717, 1.165) is 22.9 Å². The SMILES string of the molecule is CCOc1ccc(NC(=O)c2cc(Nc3ccc(OCC)cc3)ccn2)cc1. The van der Waals surface area contributed by atoms with E-state index in [1.54, 1.807) is 24.4 Å². The number of rotatable bonds is 8. The van der Waals surface area contributed by atoms with E-state index in [1.165, 1.54) is 0 Å². The molecule has 0 saturated carbocycles. The zero-order chi connectivity index (χ0) is 19.8. The van der Waals surface area contributed by atoms with E-state index in [0.29, 0.717) is 24.6 Å². The molecule has 144 valence electrons. The lowest BCUT2D eigenvalue weighted by Crippen LogP contribution is -2.13. The number of pyridine rings is 1. The molecule has 0 aliphatic heterocycles. The van der Waals surface area contributed by atoms with Gasteiger partial charge in [0.15, 0.2) is 0 Å². The van der Waals surface area contributed by atoms with E-state index in [2.05, 4.69) is 15.6 Å². The number of hydrogen-bond donors (Lipinski definition) is 2. The molecule has 1 amide bonds. The van der Waals surface area contributed by atoms with Crippen LogP contribution in [0.1, 0.15) is 24.3 Å². The Kier molecular flexibility index (Phi) is 6.46. The van der Waals surface area contributed by atoms with Gasteiger partial charge in [0, 0.05) is 23.3 Å². The highest BCUT2D eigenvalue weighted by Gasteiger charge is 2.09. The topological polar surface area (TPSA) is 72.5 Å². The van der Waals surface area contributed by atoms with Gasteiger partial charge in [0.05, 0.1) is 13.2 Å². The maximum atomic E-state index is 12.5. The summed E-state index contributed by atoms with van der Waals surface area (Å²) in [6, 6.07) is 18.4. The van der Waals surface area contributed by atoms with E-state index >= 15 is 0 Å². The molecular weight excluding hydrogens is 354 g/mol. The Morgan fingerprint density at radius 3 is 1.96 bits per heavy atom. The number of anilines is 3. The third-order valence-electron chi connectivity index (χ3n) is 3.87. The van der Waals surface area contributed by atoms with Gasteiger partial charge in [0.2, 0.25) is 0 Å². The average molecular weight is 377 g/mol. The standard InChI is InChI=1S/C22H23N3O3/c1-3-27-19-9-5-16(6-10-19)24-18-13-14-23-21(15-18)22(26)25-17-7-11-20(12-8-17)28-4-2/h5-15H,3-4H2,1-2H3,(H,23,24)(H,25,26). The first-order valence-corrected chi connectivity index (χ1v) is 9.18. The van der Waals surface area contributed by atoms with Crippen LogP contribution in [-0.2, 0) is 0 Å². The fourth-order valence-corrected chi connectivity index (χ4v) is 2.60. The van der Waals surface area contributed by atoms with E-state index in [9.17, 15) is 4.79 Å². The molecule has 0 saturated heterocycles. The molecule has 1 heterocycles. The molecule has 0 radical (unpaired) electrons. The van der Waals surface area contributed by atoms with Gasteiger partial charge < -0.3 is 20.1 Å². The summed E-state index contributed by atoms with van der Waals surface area (Å²) in [5.74, 6) is 1.30. The second kappa shape index (κ2) is 9.41. The van der Waals surface area contributed by atoms with Crippen LogP contribution in [-0.4, -0.2) is 24.1 Å². The Bertz CT molecular complexity index is 909. The Hall–Kier alpha value is -3.54. The maximum absolute atomic E-state index is 12.5. The summed E-state index contributed by atoms with van der Waals surface area (Å²) >= 11 is 0. The summed E-state index contributed by atoms with van der Waals surface area (Å²) in [5.41, 5.74) is 2.67. The third-order valence-corrected chi connectivity index (χ3v) is 3.87. The molecule has 0 fully saturated rings. The molecule has 6 nitrogen and oxygen atoms in total. The first-order valence-electron chi connectivity index (χ1n) is 9.18. The lowest BCUT2D eigenvalue weighted by molar-refractivity contribution is 0.102. The van der Waals surface area contributed by atoms with Gasteiger partial charge in [-0.25, -0.2) is 0 Å². The fraction of sp³-hybridized carbons (Fsp3) is 0.182. The van der Waals surface area contributed by atoms with Gasteiger partial charge in [-0.1, -0.05) is 0 Å². The minimum absolute atomic E-state index is 0.278. The first-order chi connectivity index (χ1) is 13.7. The summed E-state index contributed by atoms with van der Waals surface area (Å²) in [4.78, 5) is 16.7. The molecule has 0 atom stereocenters. The summed E-state index contributed by atoms with van der Waals surface area (Å²) in [6.07, 6.45) is 1.60. The van der Waals surface area contributed by atoms with Crippen LogP contribution >= 0.6 is 0 Å². The van der Waals surface area contributed by atoms with Crippen molar-refractivity contribution >= 4 is 23.0 Å². The molecule has 3 rings (SSSR count). The quantitative estimate of drug-likeness (QED) is 0.586. The normalized spacial score (nSPS) is 10.2. The Morgan fingerprint density at radius 1 is 0.821 bits per heavy atom. The predicted molar refractivity (Wildman–Crippen MR) is 111 cm³/mol. The van der Waals surface area contributed by atoms with E-state index in [4.69, 9.17) is 9.47 Å². The number of carbonyl (C=O) groups is 1. The van der Waals surface area contributed by atoms with Crippen molar-refractivity contribution in [1.29, 1.82) is 0 Å². The lowest BCUT2D eigenvalue weighted by atomic mass is 10.2. The lowest BCUT2D eigenvalue weighted by Gasteiger charge is -2.10. The van der Waals surface area contributed by atoms with Crippen molar-refractivity contribution in [3.8, 4) is 11.5 Å². The second-order valence-corrected chi connectivity index (χ2v) is 5.92. The smallest absolute Gasteiger partial charge is 0.274 e. The average Bonchev–Trinajstić information content (AvgIpc) is 2.71. The van der Waals surface area contributed by atoms with Gasteiger partial charge in [-0.05, 0) is 74.5 Å². The minimum Gasteiger partial charge on any atom is -0.494 e. The number of hydrogen-bond acceptors (Lipinski definition) is 5. The Labute approximate surface area is 164 Å². The van der Waals surface area contributed by atoms with Crippen molar-refractivity contribution in [1.82, 2.24) is 4.98 Å². The third kappa shape index (κ3) is 5.23. The fourth-order valence-electron chi connectivity index (χ4n) is 2.60. The molecule has 0 aliphatic rings. The van der Waals surface area contributed by atoms with Crippen molar-refractivity contribution in [3.05, 3.63) is 72.6 Å². The molecule has 2 aromatic carbocycles. The van der Waals surface area contributed by atoms with Crippen LogP contribution < -0.4 is 20.1 Å².